The molecule has 0 spiro atoms. The van der Waals surface area contributed by atoms with Crippen molar-refractivity contribution in [1.82, 2.24) is 10.2 Å². The second-order valence-electron chi connectivity index (χ2n) is 4.44. The summed E-state index contributed by atoms with van der Waals surface area (Å²) < 4.78 is 1.09. The van der Waals surface area contributed by atoms with E-state index in [9.17, 15) is 0 Å². The zero-order valence-corrected chi connectivity index (χ0v) is 12.7. The standard InChI is InChI=1S/C14H12BrN3S/c1-8(16)13-17-18-14(19-13)11-3-2-10-7-12(15)5-4-9(10)6-11/h2-8H,16H2,1H3. The summed E-state index contributed by atoms with van der Waals surface area (Å²) >= 11 is 5.03. The topological polar surface area (TPSA) is 51.8 Å². The zero-order chi connectivity index (χ0) is 13.4. The van der Waals surface area contributed by atoms with Crippen LogP contribution in [0, 0.1) is 0 Å². The molecule has 0 radical (unpaired) electrons. The van der Waals surface area contributed by atoms with Gasteiger partial charge in [0.2, 0.25) is 0 Å². The molecule has 1 aromatic heterocycles. The average molecular weight is 334 g/mol. The molecule has 3 aromatic rings. The first-order valence-electron chi connectivity index (χ1n) is 5.92. The lowest BCUT2D eigenvalue weighted by Crippen LogP contribution is -2.03. The summed E-state index contributed by atoms with van der Waals surface area (Å²) in [6, 6.07) is 12.5. The van der Waals surface area contributed by atoms with E-state index in [1.54, 1.807) is 11.3 Å². The Bertz CT molecular complexity index is 736. The van der Waals surface area contributed by atoms with E-state index in [0.29, 0.717) is 0 Å². The summed E-state index contributed by atoms with van der Waals surface area (Å²) in [7, 11) is 0. The Morgan fingerprint density at radius 3 is 2.58 bits per heavy atom. The SMILES string of the molecule is CC(N)c1nnc(-c2ccc3cc(Br)ccc3c2)s1. The van der Waals surface area contributed by atoms with E-state index in [1.165, 1.54) is 10.8 Å². The van der Waals surface area contributed by atoms with Crippen LogP contribution in [0.15, 0.2) is 40.9 Å². The monoisotopic (exact) mass is 333 g/mol. The maximum atomic E-state index is 5.82. The second kappa shape index (κ2) is 5.00. The summed E-state index contributed by atoms with van der Waals surface area (Å²) in [5, 5.41) is 12.5. The largest absolute Gasteiger partial charge is 0.322 e. The molecule has 0 aliphatic rings. The number of fused-ring (bicyclic) bond motifs is 1. The minimum atomic E-state index is -0.0670. The van der Waals surface area contributed by atoms with Crippen molar-refractivity contribution < 1.29 is 0 Å². The number of halogens is 1. The number of nitrogens with two attached hydrogens (primary N) is 1. The fraction of sp³-hybridized carbons (Fsp3) is 0.143. The number of benzene rings is 2. The molecule has 0 aliphatic heterocycles. The minimum Gasteiger partial charge on any atom is -0.322 e. The average Bonchev–Trinajstić information content (AvgIpc) is 2.88. The van der Waals surface area contributed by atoms with E-state index in [2.05, 4.69) is 56.5 Å². The van der Waals surface area contributed by atoms with Crippen LogP contribution in [0.2, 0.25) is 0 Å². The van der Waals surface area contributed by atoms with Gasteiger partial charge < -0.3 is 5.73 Å². The van der Waals surface area contributed by atoms with Gasteiger partial charge >= 0.3 is 0 Å². The van der Waals surface area contributed by atoms with Gasteiger partial charge in [0.25, 0.3) is 0 Å². The van der Waals surface area contributed by atoms with E-state index >= 15 is 0 Å². The predicted molar refractivity (Wildman–Crippen MR) is 83.2 cm³/mol. The molecule has 0 saturated carbocycles. The number of rotatable bonds is 2. The molecule has 19 heavy (non-hydrogen) atoms. The first-order chi connectivity index (χ1) is 9.13. The molecule has 0 amide bonds. The van der Waals surface area contributed by atoms with Crippen molar-refractivity contribution in [2.75, 3.05) is 0 Å². The maximum Gasteiger partial charge on any atom is 0.147 e. The Kier molecular flexibility index (Phi) is 3.35. The van der Waals surface area contributed by atoms with Gasteiger partial charge in [-0.15, -0.1) is 10.2 Å². The molecule has 2 N–H and O–H groups in total. The third-order valence-corrected chi connectivity index (χ3v) is 4.55. The van der Waals surface area contributed by atoms with Crippen LogP contribution in [0.5, 0.6) is 0 Å². The lowest BCUT2D eigenvalue weighted by molar-refractivity contribution is 0.786. The van der Waals surface area contributed by atoms with Crippen LogP contribution in [0.3, 0.4) is 0 Å². The van der Waals surface area contributed by atoms with Gasteiger partial charge in [0.15, 0.2) is 0 Å². The molecular formula is C14H12BrN3S. The predicted octanol–water partition coefficient (Wildman–Crippen LogP) is 4.14. The third-order valence-electron chi connectivity index (χ3n) is 2.88. The molecule has 2 aromatic carbocycles. The summed E-state index contributed by atoms with van der Waals surface area (Å²) in [5.74, 6) is 0. The molecule has 1 heterocycles. The van der Waals surface area contributed by atoms with Gasteiger partial charge in [0, 0.05) is 10.0 Å². The van der Waals surface area contributed by atoms with Crippen LogP contribution in [-0.4, -0.2) is 10.2 Å². The first kappa shape index (κ1) is 12.7. The van der Waals surface area contributed by atoms with Crippen molar-refractivity contribution in [3.8, 4) is 10.6 Å². The Morgan fingerprint density at radius 2 is 1.84 bits per heavy atom. The van der Waals surface area contributed by atoms with Crippen LogP contribution < -0.4 is 5.73 Å². The molecule has 1 atom stereocenters. The van der Waals surface area contributed by atoms with Gasteiger partial charge in [-0.3, -0.25) is 0 Å². The molecule has 0 saturated heterocycles. The second-order valence-corrected chi connectivity index (χ2v) is 6.37. The quantitative estimate of drug-likeness (QED) is 0.766. The van der Waals surface area contributed by atoms with Gasteiger partial charge in [-0.25, -0.2) is 0 Å². The smallest absolute Gasteiger partial charge is 0.147 e. The fourth-order valence-electron chi connectivity index (χ4n) is 1.88. The summed E-state index contributed by atoms with van der Waals surface area (Å²) in [6.45, 7) is 1.92. The van der Waals surface area contributed by atoms with Crippen LogP contribution in [0.4, 0.5) is 0 Å². The van der Waals surface area contributed by atoms with Crippen LogP contribution in [0.1, 0.15) is 18.0 Å². The Balaban J connectivity index is 2.07. The number of aromatic nitrogens is 2. The van der Waals surface area contributed by atoms with Crippen molar-refractivity contribution in [3.63, 3.8) is 0 Å². The highest BCUT2D eigenvalue weighted by molar-refractivity contribution is 9.10. The summed E-state index contributed by atoms with van der Waals surface area (Å²) in [4.78, 5) is 0. The van der Waals surface area contributed by atoms with Crippen molar-refractivity contribution in [2.45, 2.75) is 13.0 Å². The molecule has 3 rings (SSSR count). The third kappa shape index (κ3) is 2.54. The van der Waals surface area contributed by atoms with Crippen LogP contribution in [0.25, 0.3) is 21.3 Å². The maximum absolute atomic E-state index is 5.82. The van der Waals surface area contributed by atoms with Gasteiger partial charge in [0.1, 0.15) is 10.0 Å². The summed E-state index contributed by atoms with van der Waals surface area (Å²) in [6.07, 6.45) is 0. The fourth-order valence-corrected chi connectivity index (χ4v) is 3.06. The summed E-state index contributed by atoms with van der Waals surface area (Å²) in [5.41, 5.74) is 6.90. The van der Waals surface area contributed by atoms with E-state index in [0.717, 1.165) is 20.1 Å². The van der Waals surface area contributed by atoms with E-state index < -0.39 is 0 Å². The van der Waals surface area contributed by atoms with Crippen molar-refractivity contribution >= 4 is 38.0 Å². The molecular weight excluding hydrogens is 322 g/mol. The van der Waals surface area contributed by atoms with E-state index in [-0.39, 0.29) is 6.04 Å². The van der Waals surface area contributed by atoms with Crippen molar-refractivity contribution in [2.24, 2.45) is 5.73 Å². The molecule has 5 heteroatoms. The highest BCUT2D eigenvalue weighted by Gasteiger charge is 2.10. The number of nitrogens with zero attached hydrogens (tertiary/aromatic N) is 2. The normalized spacial score (nSPS) is 12.8. The number of hydrogen-bond donors (Lipinski definition) is 1. The first-order valence-corrected chi connectivity index (χ1v) is 7.53. The van der Waals surface area contributed by atoms with Crippen molar-refractivity contribution in [1.29, 1.82) is 0 Å². The Morgan fingerprint density at radius 1 is 1.11 bits per heavy atom. The molecule has 3 nitrogen and oxygen atoms in total. The molecule has 0 aliphatic carbocycles. The lowest BCUT2D eigenvalue weighted by Gasteiger charge is -2.01. The molecule has 1 unspecified atom stereocenters. The van der Waals surface area contributed by atoms with E-state index in [4.69, 9.17) is 5.73 Å². The Labute approximate surface area is 123 Å². The molecule has 96 valence electrons. The number of hydrogen-bond acceptors (Lipinski definition) is 4. The van der Waals surface area contributed by atoms with Gasteiger partial charge in [-0.1, -0.05) is 45.5 Å². The Hall–Kier alpha value is -1.30. The van der Waals surface area contributed by atoms with Crippen LogP contribution >= 0.6 is 27.3 Å². The van der Waals surface area contributed by atoms with Gasteiger partial charge in [0.05, 0.1) is 6.04 Å². The van der Waals surface area contributed by atoms with Gasteiger partial charge in [-0.2, -0.15) is 0 Å². The molecule has 0 bridgehead atoms. The van der Waals surface area contributed by atoms with E-state index in [1.807, 2.05) is 13.0 Å². The lowest BCUT2D eigenvalue weighted by atomic mass is 10.1. The minimum absolute atomic E-state index is 0.0670. The highest BCUT2D eigenvalue weighted by Crippen LogP contribution is 2.29. The highest BCUT2D eigenvalue weighted by atomic mass is 79.9. The van der Waals surface area contributed by atoms with Crippen molar-refractivity contribution in [3.05, 3.63) is 45.9 Å². The van der Waals surface area contributed by atoms with Crippen LogP contribution in [-0.2, 0) is 0 Å². The zero-order valence-electron chi connectivity index (χ0n) is 10.3. The molecule has 0 fully saturated rings. The van der Waals surface area contributed by atoms with Gasteiger partial charge in [-0.05, 0) is 35.9 Å².